The van der Waals surface area contributed by atoms with Crippen LogP contribution < -0.4 is 10.9 Å². The Labute approximate surface area is 199 Å². The minimum atomic E-state index is -1.06. The summed E-state index contributed by atoms with van der Waals surface area (Å²) in [7, 11) is 0. The number of hydrogen-bond donors (Lipinski definition) is 2. The molecule has 12 nitrogen and oxygen atoms in total. The second-order valence-corrected chi connectivity index (χ2v) is 8.67. The number of aromatic nitrogens is 4. The number of H-pyrrole nitrogens is 1. The van der Waals surface area contributed by atoms with Gasteiger partial charge in [-0.05, 0) is 5.56 Å². The topological polar surface area (TPSA) is 147 Å². The Hall–Kier alpha value is -3.61. The van der Waals surface area contributed by atoms with Gasteiger partial charge in [0.15, 0.2) is 16.8 Å². The number of benzene rings is 1. The van der Waals surface area contributed by atoms with Crippen molar-refractivity contribution in [2.45, 2.75) is 38.4 Å². The van der Waals surface area contributed by atoms with E-state index < -0.39 is 29.5 Å². The number of ether oxygens (including phenoxy) is 4. The van der Waals surface area contributed by atoms with Gasteiger partial charge in [0.2, 0.25) is 11.9 Å². The zero-order chi connectivity index (χ0) is 24.6. The summed E-state index contributed by atoms with van der Waals surface area (Å²) in [6.45, 7) is 3.38. The Morgan fingerprint density at radius 3 is 2.83 bits per heavy atom. The quantitative estimate of drug-likeness (QED) is 0.472. The summed E-state index contributed by atoms with van der Waals surface area (Å²) in [5.41, 5.74) is -0.243. The SMILES string of the molecule is CC(=O)Nc1nc2c(ncn2[C@H]2O[C@@]3(COC(C)=O)COC[C@@H]2[C@@H]3OCc2ccccc2)c(=O)[nH]1. The lowest BCUT2D eigenvalue weighted by Gasteiger charge is -2.37. The first kappa shape index (κ1) is 23.1. The maximum Gasteiger partial charge on any atom is 0.302 e. The molecule has 0 unspecified atom stereocenters. The molecule has 0 saturated carbocycles. The zero-order valence-corrected chi connectivity index (χ0v) is 19.2. The van der Waals surface area contributed by atoms with Crippen molar-refractivity contribution in [3.63, 3.8) is 0 Å². The fraction of sp³-hybridized carbons (Fsp3) is 0.435. The predicted octanol–water partition coefficient (Wildman–Crippen LogP) is 1.14. The lowest BCUT2D eigenvalue weighted by atomic mass is 9.88. The van der Waals surface area contributed by atoms with E-state index in [0.29, 0.717) is 13.2 Å². The normalized spacial score (nSPS) is 25.5. The second-order valence-electron chi connectivity index (χ2n) is 8.67. The van der Waals surface area contributed by atoms with E-state index in [1.54, 1.807) is 4.57 Å². The molecule has 2 fully saturated rings. The van der Waals surface area contributed by atoms with Crippen LogP contribution in [0.15, 0.2) is 41.5 Å². The van der Waals surface area contributed by atoms with E-state index in [0.717, 1.165) is 5.56 Å². The van der Waals surface area contributed by atoms with Crippen molar-refractivity contribution in [1.29, 1.82) is 0 Å². The number of fused-ring (bicyclic) bond motifs is 3. The second kappa shape index (κ2) is 9.21. The summed E-state index contributed by atoms with van der Waals surface area (Å²) in [5, 5.41) is 2.48. The average molecular weight is 483 g/mol. The van der Waals surface area contributed by atoms with Gasteiger partial charge in [0.25, 0.3) is 5.56 Å². The van der Waals surface area contributed by atoms with E-state index in [9.17, 15) is 14.4 Å². The molecular weight excluding hydrogens is 458 g/mol. The van der Waals surface area contributed by atoms with Crippen LogP contribution in [0.2, 0.25) is 0 Å². The lowest BCUT2D eigenvalue weighted by Crippen LogP contribution is -2.54. The van der Waals surface area contributed by atoms with Gasteiger partial charge < -0.3 is 18.9 Å². The molecule has 4 atom stereocenters. The maximum atomic E-state index is 12.5. The number of rotatable bonds is 7. The van der Waals surface area contributed by atoms with E-state index in [4.69, 9.17) is 18.9 Å². The largest absolute Gasteiger partial charge is 0.463 e. The van der Waals surface area contributed by atoms with Gasteiger partial charge in [-0.3, -0.25) is 29.3 Å². The molecule has 0 spiro atoms. The summed E-state index contributed by atoms with van der Waals surface area (Å²) in [6, 6.07) is 9.71. The highest BCUT2D eigenvalue weighted by Gasteiger charge is 2.60. The molecule has 4 heterocycles. The Morgan fingerprint density at radius 2 is 2.09 bits per heavy atom. The van der Waals surface area contributed by atoms with Crippen molar-refractivity contribution in [3.8, 4) is 0 Å². The van der Waals surface area contributed by atoms with Crippen molar-refractivity contribution in [3.05, 3.63) is 52.6 Å². The van der Waals surface area contributed by atoms with Crippen LogP contribution in [0.25, 0.3) is 11.2 Å². The molecule has 1 amide bonds. The van der Waals surface area contributed by atoms with E-state index in [-0.39, 0.29) is 42.2 Å². The number of esters is 1. The minimum Gasteiger partial charge on any atom is -0.463 e. The highest BCUT2D eigenvalue weighted by atomic mass is 16.6. The highest BCUT2D eigenvalue weighted by Crippen LogP contribution is 2.47. The number of imidazole rings is 1. The predicted molar refractivity (Wildman–Crippen MR) is 121 cm³/mol. The van der Waals surface area contributed by atoms with Gasteiger partial charge >= 0.3 is 5.97 Å². The molecule has 2 saturated heterocycles. The van der Waals surface area contributed by atoms with E-state index in [2.05, 4.69) is 20.3 Å². The first-order valence-electron chi connectivity index (χ1n) is 11.2. The molecule has 2 bridgehead atoms. The van der Waals surface area contributed by atoms with Crippen LogP contribution in [-0.4, -0.2) is 62.9 Å². The zero-order valence-electron chi connectivity index (χ0n) is 19.2. The van der Waals surface area contributed by atoms with Crippen LogP contribution in [0.1, 0.15) is 25.6 Å². The van der Waals surface area contributed by atoms with E-state index in [1.165, 1.54) is 20.2 Å². The molecule has 12 heteroatoms. The summed E-state index contributed by atoms with van der Waals surface area (Å²) in [4.78, 5) is 46.7. The van der Waals surface area contributed by atoms with E-state index in [1.807, 2.05) is 30.3 Å². The fourth-order valence-electron chi connectivity index (χ4n) is 4.61. The van der Waals surface area contributed by atoms with E-state index >= 15 is 0 Å². The van der Waals surface area contributed by atoms with Gasteiger partial charge in [-0.25, -0.2) is 4.98 Å². The number of anilines is 1. The van der Waals surface area contributed by atoms with Crippen molar-refractivity contribution < 1.29 is 28.5 Å². The van der Waals surface area contributed by atoms with Crippen molar-refractivity contribution >= 4 is 29.0 Å². The van der Waals surface area contributed by atoms with Gasteiger partial charge in [0.05, 0.1) is 32.1 Å². The standard InChI is InChI=1S/C23H25N5O7/c1-13(29)25-22-26-19-17(20(31)27-22)24-12-28(19)21-16-9-32-10-23(35-21,11-34-14(2)30)18(16)33-8-15-6-4-3-5-7-15/h3-7,12,16,18,21H,8-11H2,1-2H3,(H2,25,26,27,29,31)/t16-,18+,21+,23-/m1/s1. The molecule has 184 valence electrons. The van der Waals surface area contributed by atoms with Crippen LogP contribution in [-0.2, 0) is 35.1 Å². The van der Waals surface area contributed by atoms with Gasteiger partial charge in [0.1, 0.15) is 18.9 Å². The summed E-state index contributed by atoms with van der Waals surface area (Å²) in [5.74, 6) is -1.14. The van der Waals surface area contributed by atoms with Crippen LogP contribution in [0.4, 0.5) is 5.95 Å². The molecule has 5 rings (SSSR count). The van der Waals surface area contributed by atoms with Gasteiger partial charge in [0, 0.05) is 13.8 Å². The number of hydrogen-bond acceptors (Lipinski definition) is 9. The van der Waals surface area contributed by atoms with Crippen LogP contribution in [0, 0.1) is 5.92 Å². The number of nitrogens with zero attached hydrogens (tertiary/aromatic N) is 3. The average Bonchev–Trinajstić information content (AvgIpc) is 3.31. The van der Waals surface area contributed by atoms with Gasteiger partial charge in [-0.2, -0.15) is 4.98 Å². The Bertz CT molecular complexity index is 1310. The monoisotopic (exact) mass is 483 g/mol. The number of amides is 1. The summed E-state index contributed by atoms with van der Waals surface area (Å²) < 4.78 is 25.7. The van der Waals surface area contributed by atoms with Crippen LogP contribution in [0.5, 0.6) is 0 Å². The first-order chi connectivity index (χ1) is 16.9. The number of carbonyl (C=O) groups is 2. The third-order valence-corrected chi connectivity index (χ3v) is 6.08. The summed E-state index contributed by atoms with van der Waals surface area (Å²) >= 11 is 0. The smallest absolute Gasteiger partial charge is 0.302 e. The molecule has 0 aliphatic carbocycles. The van der Waals surface area contributed by atoms with Crippen molar-refractivity contribution in [2.24, 2.45) is 5.92 Å². The van der Waals surface area contributed by atoms with Gasteiger partial charge in [-0.1, -0.05) is 30.3 Å². The van der Waals surface area contributed by atoms with Crippen LogP contribution in [0.3, 0.4) is 0 Å². The van der Waals surface area contributed by atoms with Crippen molar-refractivity contribution in [1.82, 2.24) is 19.5 Å². The highest BCUT2D eigenvalue weighted by molar-refractivity contribution is 5.87. The molecule has 1 aromatic carbocycles. The molecule has 2 aromatic heterocycles. The number of aromatic amines is 1. The Kier molecular flexibility index (Phi) is 6.09. The number of nitrogens with one attached hydrogen (secondary N) is 2. The maximum absolute atomic E-state index is 12.5. The summed E-state index contributed by atoms with van der Waals surface area (Å²) in [6.07, 6.45) is 0.317. The molecule has 3 aromatic rings. The third-order valence-electron chi connectivity index (χ3n) is 6.08. The lowest BCUT2D eigenvalue weighted by molar-refractivity contribution is -0.193. The molecule has 2 aliphatic heterocycles. The molecule has 35 heavy (non-hydrogen) atoms. The Balaban J connectivity index is 1.51. The minimum absolute atomic E-state index is 0.000438. The number of carbonyl (C=O) groups excluding carboxylic acids is 2. The third kappa shape index (κ3) is 4.43. The van der Waals surface area contributed by atoms with Crippen LogP contribution >= 0.6 is 0 Å². The molecule has 2 N–H and O–H groups in total. The fourth-order valence-corrected chi connectivity index (χ4v) is 4.61. The molecular formula is C23H25N5O7. The van der Waals surface area contributed by atoms with Gasteiger partial charge in [-0.15, -0.1) is 0 Å². The molecule has 2 aliphatic rings. The molecule has 0 radical (unpaired) electrons. The van der Waals surface area contributed by atoms with Crippen molar-refractivity contribution in [2.75, 3.05) is 25.1 Å². The first-order valence-corrected chi connectivity index (χ1v) is 11.2. The Morgan fingerprint density at radius 1 is 1.29 bits per heavy atom.